The Hall–Kier alpha value is -1.18. The first-order valence-corrected chi connectivity index (χ1v) is 8.49. The van der Waals surface area contributed by atoms with E-state index in [1.807, 2.05) is 0 Å². The molecule has 1 aromatic carbocycles. The van der Waals surface area contributed by atoms with E-state index in [0.29, 0.717) is 12.1 Å². The van der Waals surface area contributed by atoms with E-state index in [-0.39, 0.29) is 0 Å². The summed E-state index contributed by atoms with van der Waals surface area (Å²) < 4.78 is 0. The summed E-state index contributed by atoms with van der Waals surface area (Å²) in [5.41, 5.74) is 5.88. The summed E-state index contributed by atoms with van der Waals surface area (Å²) in [7, 11) is 0. The quantitative estimate of drug-likeness (QED) is 0.827. The molecule has 2 heterocycles. The molecule has 0 aromatic heterocycles. The fourth-order valence-electron chi connectivity index (χ4n) is 3.78. The van der Waals surface area contributed by atoms with Crippen LogP contribution in [0.3, 0.4) is 0 Å². The zero-order chi connectivity index (χ0) is 13.9. The van der Waals surface area contributed by atoms with Gasteiger partial charge in [0.1, 0.15) is 0 Å². The van der Waals surface area contributed by atoms with E-state index in [0.717, 1.165) is 0 Å². The van der Waals surface area contributed by atoms with Crippen LogP contribution in [0.4, 0.5) is 11.4 Å². The van der Waals surface area contributed by atoms with Crippen molar-refractivity contribution in [2.24, 2.45) is 0 Å². The van der Waals surface area contributed by atoms with Gasteiger partial charge in [0.25, 0.3) is 0 Å². The molecule has 0 unspecified atom stereocenters. The van der Waals surface area contributed by atoms with Gasteiger partial charge in [0.2, 0.25) is 0 Å². The van der Waals surface area contributed by atoms with Gasteiger partial charge in [-0.2, -0.15) is 0 Å². The standard InChI is InChI=1S/C18H28N2/c1-3-5-15-11-9-13-7-8-14-10-12-16(6-4-2)20-18(14)17(13)19-15/h7-8,15-16,19-20H,3-6,9-12H2,1-2H3/t15-,16-/m1/s1. The summed E-state index contributed by atoms with van der Waals surface area (Å²) in [5.74, 6) is 0. The molecule has 0 saturated carbocycles. The second kappa shape index (κ2) is 6.07. The number of nitrogens with one attached hydrogen (secondary N) is 2. The van der Waals surface area contributed by atoms with E-state index in [1.165, 1.54) is 73.9 Å². The minimum Gasteiger partial charge on any atom is -0.380 e. The van der Waals surface area contributed by atoms with Crippen LogP contribution in [0.25, 0.3) is 0 Å². The number of anilines is 2. The molecule has 2 heteroatoms. The van der Waals surface area contributed by atoms with Gasteiger partial charge in [-0.15, -0.1) is 0 Å². The molecule has 2 atom stereocenters. The summed E-state index contributed by atoms with van der Waals surface area (Å²) in [6, 6.07) is 6.05. The fourth-order valence-corrected chi connectivity index (χ4v) is 3.78. The largest absolute Gasteiger partial charge is 0.380 e. The van der Waals surface area contributed by atoms with Gasteiger partial charge in [0.15, 0.2) is 0 Å². The summed E-state index contributed by atoms with van der Waals surface area (Å²) in [6.07, 6.45) is 10.2. The first kappa shape index (κ1) is 13.8. The van der Waals surface area contributed by atoms with Gasteiger partial charge in [-0.1, -0.05) is 38.8 Å². The third-order valence-corrected chi connectivity index (χ3v) is 4.87. The second-order valence-electron chi connectivity index (χ2n) is 6.47. The Kier molecular flexibility index (Phi) is 4.18. The van der Waals surface area contributed by atoms with Crippen LogP contribution < -0.4 is 10.6 Å². The third-order valence-electron chi connectivity index (χ3n) is 4.87. The Bertz CT molecular complexity index is 424. The minimum atomic E-state index is 0.673. The van der Waals surface area contributed by atoms with E-state index in [2.05, 4.69) is 36.6 Å². The lowest BCUT2D eigenvalue weighted by Gasteiger charge is -2.34. The van der Waals surface area contributed by atoms with Gasteiger partial charge in [-0.05, 0) is 49.7 Å². The van der Waals surface area contributed by atoms with Gasteiger partial charge in [0, 0.05) is 12.1 Å². The predicted octanol–water partition coefficient (Wildman–Crippen LogP) is 4.74. The number of fused-ring (bicyclic) bond motifs is 3. The Morgan fingerprint density at radius 3 is 1.70 bits per heavy atom. The highest BCUT2D eigenvalue weighted by Crippen LogP contribution is 2.39. The van der Waals surface area contributed by atoms with Crippen molar-refractivity contribution in [1.82, 2.24) is 0 Å². The van der Waals surface area contributed by atoms with Crippen LogP contribution in [0.1, 0.15) is 63.5 Å². The van der Waals surface area contributed by atoms with Crippen LogP contribution in [-0.4, -0.2) is 12.1 Å². The Morgan fingerprint density at radius 1 is 0.850 bits per heavy atom. The lowest BCUT2D eigenvalue weighted by atomic mass is 9.89. The third kappa shape index (κ3) is 2.65. The molecule has 2 aliphatic heterocycles. The Labute approximate surface area is 123 Å². The van der Waals surface area contributed by atoms with Gasteiger partial charge >= 0.3 is 0 Å². The Morgan fingerprint density at radius 2 is 1.30 bits per heavy atom. The first-order chi connectivity index (χ1) is 9.81. The maximum atomic E-state index is 3.83. The molecule has 3 rings (SSSR count). The molecular formula is C18H28N2. The summed E-state index contributed by atoms with van der Waals surface area (Å²) >= 11 is 0. The van der Waals surface area contributed by atoms with E-state index in [1.54, 1.807) is 0 Å². The fraction of sp³-hybridized carbons (Fsp3) is 0.667. The molecule has 2 N–H and O–H groups in total. The second-order valence-corrected chi connectivity index (χ2v) is 6.47. The number of benzene rings is 1. The van der Waals surface area contributed by atoms with Gasteiger partial charge in [-0.25, -0.2) is 0 Å². The number of aryl methyl sites for hydroxylation is 2. The van der Waals surface area contributed by atoms with E-state index in [4.69, 9.17) is 0 Å². The topological polar surface area (TPSA) is 24.1 Å². The highest BCUT2D eigenvalue weighted by atomic mass is 15.0. The van der Waals surface area contributed by atoms with E-state index in [9.17, 15) is 0 Å². The number of rotatable bonds is 4. The highest BCUT2D eigenvalue weighted by Gasteiger charge is 2.25. The van der Waals surface area contributed by atoms with Gasteiger partial charge < -0.3 is 10.6 Å². The van der Waals surface area contributed by atoms with Crippen LogP contribution >= 0.6 is 0 Å². The van der Waals surface area contributed by atoms with Crippen molar-refractivity contribution in [2.45, 2.75) is 77.3 Å². The molecule has 0 spiro atoms. The maximum absolute atomic E-state index is 3.83. The number of hydrogen-bond donors (Lipinski definition) is 2. The molecule has 0 radical (unpaired) electrons. The summed E-state index contributed by atoms with van der Waals surface area (Å²) in [5, 5.41) is 7.65. The van der Waals surface area contributed by atoms with Gasteiger partial charge in [0.05, 0.1) is 11.4 Å². The van der Waals surface area contributed by atoms with Gasteiger partial charge in [-0.3, -0.25) is 0 Å². The minimum absolute atomic E-state index is 0.673. The molecule has 0 saturated heterocycles. The molecule has 2 nitrogen and oxygen atoms in total. The monoisotopic (exact) mass is 272 g/mol. The molecule has 20 heavy (non-hydrogen) atoms. The lowest BCUT2D eigenvalue weighted by Crippen LogP contribution is -2.30. The van der Waals surface area contributed by atoms with Crippen molar-refractivity contribution in [3.63, 3.8) is 0 Å². The normalized spacial score (nSPS) is 24.3. The van der Waals surface area contributed by atoms with Crippen molar-refractivity contribution in [2.75, 3.05) is 10.6 Å². The zero-order valence-corrected chi connectivity index (χ0v) is 13.0. The van der Waals surface area contributed by atoms with Crippen LogP contribution in [-0.2, 0) is 12.8 Å². The molecule has 1 aromatic rings. The van der Waals surface area contributed by atoms with Crippen molar-refractivity contribution in [1.29, 1.82) is 0 Å². The summed E-state index contributed by atoms with van der Waals surface area (Å²) in [4.78, 5) is 0. The number of hydrogen-bond acceptors (Lipinski definition) is 2. The average Bonchev–Trinajstić information content (AvgIpc) is 2.48. The highest BCUT2D eigenvalue weighted by molar-refractivity contribution is 5.78. The molecule has 0 aliphatic carbocycles. The predicted molar refractivity (Wildman–Crippen MR) is 87.7 cm³/mol. The molecule has 2 aliphatic rings. The summed E-state index contributed by atoms with van der Waals surface area (Å²) in [6.45, 7) is 4.57. The lowest BCUT2D eigenvalue weighted by molar-refractivity contribution is 0.566. The maximum Gasteiger partial charge on any atom is 0.0613 e. The average molecular weight is 272 g/mol. The molecule has 0 amide bonds. The Balaban J connectivity index is 1.86. The van der Waals surface area contributed by atoms with E-state index < -0.39 is 0 Å². The van der Waals surface area contributed by atoms with Crippen LogP contribution in [0.2, 0.25) is 0 Å². The van der Waals surface area contributed by atoms with Crippen LogP contribution in [0.15, 0.2) is 12.1 Å². The van der Waals surface area contributed by atoms with Crippen molar-refractivity contribution >= 4 is 11.4 Å². The zero-order valence-electron chi connectivity index (χ0n) is 13.0. The SMILES string of the molecule is CCC[C@@H]1CCc2ccc3c(c2N1)N[C@H](CCC)CC3. The van der Waals surface area contributed by atoms with Crippen LogP contribution in [0.5, 0.6) is 0 Å². The van der Waals surface area contributed by atoms with Crippen LogP contribution in [0, 0.1) is 0 Å². The molecular weight excluding hydrogens is 244 g/mol. The first-order valence-electron chi connectivity index (χ1n) is 8.49. The smallest absolute Gasteiger partial charge is 0.0613 e. The van der Waals surface area contributed by atoms with Crippen molar-refractivity contribution < 1.29 is 0 Å². The molecule has 0 fully saturated rings. The van der Waals surface area contributed by atoms with Crippen molar-refractivity contribution in [3.05, 3.63) is 23.3 Å². The van der Waals surface area contributed by atoms with E-state index >= 15 is 0 Å². The molecule has 110 valence electrons. The van der Waals surface area contributed by atoms with Crippen molar-refractivity contribution in [3.8, 4) is 0 Å². The molecule has 0 bridgehead atoms.